The van der Waals surface area contributed by atoms with Gasteiger partial charge in [0.25, 0.3) is 0 Å². The summed E-state index contributed by atoms with van der Waals surface area (Å²) in [5.41, 5.74) is 2.22. The molecule has 0 bridgehead atoms. The fraction of sp³-hybridized carbons (Fsp3) is 0.481. The van der Waals surface area contributed by atoms with Gasteiger partial charge >= 0.3 is 0 Å². The smallest absolute Gasteiger partial charge is 0.244 e. The van der Waals surface area contributed by atoms with Crippen molar-refractivity contribution in [2.24, 2.45) is 5.92 Å². The summed E-state index contributed by atoms with van der Waals surface area (Å²) < 4.78 is 31.8. The van der Waals surface area contributed by atoms with Crippen molar-refractivity contribution < 1.29 is 22.7 Å². The molecular weight excluding hydrogens is 478 g/mol. The lowest BCUT2D eigenvalue weighted by atomic mass is 10.0. The number of rotatable bonds is 12. The fourth-order valence-electron chi connectivity index (χ4n) is 3.64. The molecule has 0 saturated carbocycles. The zero-order valence-corrected chi connectivity index (χ0v) is 23.1. The van der Waals surface area contributed by atoms with Gasteiger partial charge in [-0.05, 0) is 54.2 Å². The Morgan fingerprint density at radius 1 is 1.00 bits per heavy atom. The van der Waals surface area contributed by atoms with E-state index in [9.17, 15) is 18.0 Å². The third-order valence-electron chi connectivity index (χ3n) is 5.87. The molecule has 9 heteroatoms. The van der Waals surface area contributed by atoms with Crippen molar-refractivity contribution in [3.05, 3.63) is 59.7 Å². The summed E-state index contributed by atoms with van der Waals surface area (Å²) in [7, 11) is -2.21. The van der Waals surface area contributed by atoms with Gasteiger partial charge in [0.05, 0.1) is 19.1 Å². The monoisotopic (exact) mass is 517 g/mol. The van der Waals surface area contributed by atoms with Gasteiger partial charge in [0, 0.05) is 13.1 Å². The van der Waals surface area contributed by atoms with Gasteiger partial charge in [-0.1, -0.05) is 52.0 Å². The topological polar surface area (TPSA) is 96.0 Å². The number of ether oxygens (including phenoxy) is 1. The maximum Gasteiger partial charge on any atom is 0.244 e. The molecule has 0 aliphatic carbocycles. The quantitative estimate of drug-likeness (QED) is 0.462. The first-order valence-electron chi connectivity index (χ1n) is 12.1. The van der Waals surface area contributed by atoms with E-state index in [0.29, 0.717) is 18.0 Å². The van der Waals surface area contributed by atoms with Crippen LogP contribution in [0.15, 0.2) is 48.5 Å². The number of benzene rings is 2. The molecule has 0 aliphatic rings. The van der Waals surface area contributed by atoms with Gasteiger partial charge in [0.15, 0.2) is 0 Å². The van der Waals surface area contributed by atoms with E-state index < -0.39 is 28.5 Å². The molecule has 0 aromatic heterocycles. The summed E-state index contributed by atoms with van der Waals surface area (Å²) in [4.78, 5) is 27.9. The van der Waals surface area contributed by atoms with E-state index in [1.807, 2.05) is 32.0 Å². The summed E-state index contributed by atoms with van der Waals surface area (Å²) in [6, 6.07) is 13.5. The van der Waals surface area contributed by atoms with Crippen LogP contribution in [0.3, 0.4) is 0 Å². The average Bonchev–Trinajstić information content (AvgIpc) is 2.83. The minimum absolute atomic E-state index is 0.121. The van der Waals surface area contributed by atoms with Crippen LogP contribution in [0.25, 0.3) is 0 Å². The first-order chi connectivity index (χ1) is 16.8. The van der Waals surface area contributed by atoms with Gasteiger partial charge in [-0.2, -0.15) is 0 Å². The number of hydrogen-bond acceptors (Lipinski definition) is 5. The number of carbonyl (C=O) groups excluding carboxylic acids is 2. The van der Waals surface area contributed by atoms with Crippen LogP contribution in [0.4, 0.5) is 5.69 Å². The Balaban J connectivity index is 2.38. The normalized spacial score (nSPS) is 12.4. The summed E-state index contributed by atoms with van der Waals surface area (Å²) >= 11 is 0. The summed E-state index contributed by atoms with van der Waals surface area (Å²) in [5.74, 6) is 0.379. The first kappa shape index (κ1) is 29.2. The molecule has 0 fully saturated rings. The largest absolute Gasteiger partial charge is 0.497 e. The molecule has 0 spiro atoms. The van der Waals surface area contributed by atoms with Gasteiger partial charge in [0.2, 0.25) is 21.8 Å². The molecule has 1 unspecified atom stereocenters. The molecule has 0 heterocycles. The molecule has 36 heavy (non-hydrogen) atoms. The molecule has 2 rings (SSSR count). The maximum absolute atomic E-state index is 13.6. The van der Waals surface area contributed by atoms with E-state index in [-0.39, 0.29) is 24.3 Å². The SMILES string of the molecule is COc1cccc(CN(C(=O)CN(c2ccc(C(C)C)cc2)S(C)(=O)=O)C(C)C(=O)NCC(C)C)c1. The minimum atomic E-state index is -3.77. The third-order valence-corrected chi connectivity index (χ3v) is 7.01. The van der Waals surface area contributed by atoms with Crippen molar-refractivity contribution in [3.8, 4) is 5.75 Å². The fourth-order valence-corrected chi connectivity index (χ4v) is 4.49. The number of sulfonamides is 1. The first-order valence-corrected chi connectivity index (χ1v) is 14.0. The Kier molecular flexibility index (Phi) is 10.3. The highest BCUT2D eigenvalue weighted by atomic mass is 32.2. The van der Waals surface area contributed by atoms with Crippen molar-refractivity contribution in [2.75, 3.05) is 30.8 Å². The van der Waals surface area contributed by atoms with Crippen molar-refractivity contribution in [3.63, 3.8) is 0 Å². The third kappa shape index (κ3) is 8.26. The van der Waals surface area contributed by atoms with Crippen LogP contribution in [0, 0.1) is 5.92 Å². The zero-order valence-electron chi connectivity index (χ0n) is 22.3. The molecule has 2 aromatic carbocycles. The Hall–Kier alpha value is -3.07. The van der Waals surface area contributed by atoms with Crippen molar-refractivity contribution >= 4 is 27.5 Å². The average molecular weight is 518 g/mol. The molecule has 1 atom stereocenters. The van der Waals surface area contributed by atoms with Crippen LogP contribution >= 0.6 is 0 Å². The van der Waals surface area contributed by atoms with E-state index in [1.54, 1.807) is 44.4 Å². The molecular formula is C27H39N3O5S. The highest BCUT2D eigenvalue weighted by Gasteiger charge is 2.30. The highest BCUT2D eigenvalue weighted by molar-refractivity contribution is 7.92. The standard InChI is InChI=1S/C27H39N3O5S/c1-19(2)16-28-27(32)21(5)29(17-22-9-8-10-25(15-22)35-6)26(31)18-30(36(7,33)34)24-13-11-23(12-14-24)20(3)4/h8-15,19-21H,16-18H2,1-7H3,(H,28,32). The van der Waals surface area contributed by atoms with E-state index in [2.05, 4.69) is 19.2 Å². The number of anilines is 1. The van der Waals surface area contributed by atoms with E-state index >= 15 is 0 Å². The molecule has 1 N–H and O–H groups in total. The highest BCUT2D eigenvalue weighted by Crippen LogP contribution is 2.23. The van der Waals surface area contributed by atoms with E-state index in [1.165, 1.54) is 4.90 Å². The van der Waals surface area contributed by atoms with E-state index in [0.717, 1.165) is 21.7 Å². The predicted octanol–water partition coefficient (Wildman–Crippen LogP) is 3.77. The molecule has 0 radical (unpaired) electrons. The number of hydrogen-bond donors (Lipinski definition) is 1. The zero-order chi connectivity index (χ0) is 27.0. The van der Waals surface area contributed by atoms with Gasteiger partial charge in [-0.25, -0.2) is 8.42 Å². The molecule has 198 valence electrons. The summed E-state index contributed by atoms with van der Waals surface area (Å²) in [6.45, 7) is 9.89. The van der Waals surface area contributed by atoms with Gasteiger partial charge in [0.1, 0.15) is 18.3 Å². The maximum atomic E-state index is 13.6. The van der Waals surface area contributed by atoms with Gasteiger partial charge in [-0.15, -0.1) is 0 Å². The van der Waals surface area contributed by atoms with Crippen LogP contribution in [-0.2, 0) is 26.2 Å². The molecule has 8 nitrogen and oxygen atoms in total. The number of carbonyl (C=O) groups is 2. The van der Waals surface area contributed by atoms with Crippen LogP contribution in [0.1, 0.15) is 51.7 Å². The summed E-state index contributed by atoms with van der Waals surface area (Å²) in [5, 5.41) is 2.87. The minimum Gasteiger partial charge on any atom is -0.497 e. The lowest BCUT2D eigenvalue weighted by molar-refractivity contribution is -0.139. The Labute approximate surface area is 215 Å². The van der Waals surface area contributed by atoms with E-state index in [4.69, 9.17) is 4.74 Å². The van der Waals surface area contributed by atoms with Crippen LogP contribution in [0.5, 0.6) is 5.75 Å². The van der Waals surface area contributed by atoms with Crippen molar-refractivity contribution in [1.29, 1.82) is 0 Å². The van der Waals surface area contributed by atoms with Crippen molar-refractivity contribution in [2.45, 2.75) is 53.1 Å². The Morgan fingerprint density at radius 3 is 2.17 bits per heavy atom. The van der Waals surface area contributed by atoms with Crippen LogP contribution in [-0.4, -0.2) is 57.6 Å². The number of nitrogens with zero attached hydrogens (tertiary/aromatic N) is 2. The predicted molar refractivity (Wildman–Crippen MR) is 144 cm³/mol. The number of methoxy groups -OCH3 is 1. The number of nitrogens with one attached hydrogen (secondary N) is 1. The van der Waals surface area contributed by atoms with Gasteiger partial charge in [-0.3, -0.25) is 13.9 Å². The lowest BCUT2D eigenvalue weighted by Crippen LogP contribution is -2.51. The molecule has 2 aromatic rings. The summed E-state index contributed by atoms with van der Waals surface area (Å²) in [6.07, 6.45) is 1.07. The van der Waals surface area contributed by atoms with Gasteiger partial charge < -0.3 is 15.0 Å². The molecule has 0 saturated heterocycles. The molecule has 2 amide bonds. The Morgan fingerprint density at radius 2 is 1.64 bits per heavy atom. The second kappa shape index (κ2) is 12.8. The van der Waals surface area contributed by atoms with Crippen LogP contribution in [0.2, 0.25) is 0 Å². The van der Waals surface area contributed by atoms with Crippen LogP contribution < -0.4 is 14.4 Å². The molecule has 0 aliphatic heterocycles. The van der Waals surface area contributed by atoms with Crippen molar-refractivity contribution in [1.82, 2.24) is 10.2 Å². The second-order valence-electron chi connectivity index (χ2n) is 9.70. The lowest BCUT2D eigenvalue weighted by Gasteiger charge is -2.31. The second-order valence-corrected chi connectivity index (χ2v) is 11.6. The number of amides is 2. The Bertz CT molecular complexity index is 1130.